The van der Waals surface area contributed by atoms with Gasteiger partial charge in [0.25, 0.3) is 5.91 Å². The maximum absolute atomic E-state index is 12.2. The molecule has 2 aromatic carbocycles. The second-order valence-corrected chi connectivity index (χ2v) is 5.69. The molecule has 0 aliphatic carbocycles. The summed E-state index contributed by atoms with van der Waals surface area (Å²) in [6, 6.07) is 12.4. The van der Waals surface area contributed by atoms with Crippen LogP contribution in [0.2, 0.25) is 5.02 Å². The van der Waals surface area contributed by atoms with Gasteiger partial charge in [0.2, 0.25) is 0 Å². The highest BCUT2D eigenvalue weighted by Crippen LogP contribution is 2.30. The van der Waals surface area contributed by atoms with E-state index in [1.165, 1.54) is 0 Å². The van der Waals surface area contributed by atoms with E-state index >= 15 is 0 Å². The molecule has 24 heavy (non-hydrogen) atoms. The van der Waals surface area contributed by atoms with Crippen molar-refractivity contribution >= 4 is 17.5 Å². The SMILES string of the molecule is CCOc1ccc(C(=O)NC[C@H]2COc3ccccc3O2)cc1Cl. The molecule has 5 nitrogen and oxygen atoms in total. The number of fused-ring (bicyclic) bond motifs is 1. The van der Waals surface area contributed by atoms with E-state index in [1.54, 1.807) is 18.2 Å². The number of rotatable bonds is 5. The van der Waals surface area contributed by atoms with E-state index in [2.05, 4.69) is 5.32 Å². The zero-order valence-electron chi connectivity index (χ0n) is 13.3. The van der Waals surface area contributed by atoms with Crippen molar-refractivity contribution in [1.29, 1.82) is 0 Å². The van der Waals surface area contributed by atoms with Crippen LogP contribution in [0.5, 0.6) is 17.2 Å². The van der Waals surface area contributed by atoms with Crippen LogP contribution in [-0.2, 0) is 0 Å². The van der Waals surface area contributed by atoms with Crippen LogP contribution in [0, 0.1) is 0 Å². The van der Waals surface area contributed by atoms with Crippen molar-refractivity contribution in [2.45, 2.75) is 13.0 Å². The molecule has 1 amide bonds. The smallest absolute Gasteiger partial charge is 0.251 e. The minimum absolute atomic E-state index is 0.220. The largest absolute Gasteiger partial charge is 0.492 e. The van der Waals surface area contributed by atoms with Gasteiger partial charge in [-0.2, -0.15) is 0 Å². The van der Waals surface area contributed by atoms with Crippen LogP contribution in [-0.4, -0.2) is 31.8 Å². The Morgan fingerprint density at radius 3 is 2.83 bits per heavy atom. The van der Waals surface area contributed by atoms with Crippen molar-refractivity contribution in [3.8, 4) is 17.2 Å². The first-order valence-corrected chi connectivity index (χ1v) is 8.14. The topological polar surface area (TPSA) is 56.8 Å². The minimum Gasteiger partial charge on any atom is -0.492 e. The summed E-state index contributed by atoms with van der Waals surface area (Å²) in [5.41, 5.74) is 0.473. The van der Waals surface area contributed by atoms with Gasteiger partial charge < -0.3 is 19.5 Å². The van der Waals surface area contributed by atoms with Gasteiger partial charge in [0.05, 0.1) is 18.2 Å². The highest BCUT2D eigenvalue weighted by molar-refractivity contribution is 6.32. The summed E-state index contributed by atoms with van der Waals surface area (Å²) in [6.45, 7) is 3.13. The summed E-state index contributed by atoms with van der Waals surface area (Å²) in [6.07, 6.45) is -0.234. The number of hydrogen-bond acceptors (Lipinski definition) is 4. The molecule has 1 atom stereocenters. The molecule has 0 fully saturated rings. The van der Waals surface area contributed by atoms with Crippen LogP contribution >= 0.6 is 11.6 Å². The zero-order chi connectivity index (χ0) is 16.9. The second kappa shape index (κ2) is 7.45. The van der Waals surface area contributed by atoms with Crippen molar-refractivity contribution in [1.82, 2.24) is 5.32 Å². The van der Waals surface area contributed by atoms with Crippen LogP contribution in [0.3, 0.4) is 0 Å². The molecule has 0 aromatic heterocycles. The maximum atomic E-state index is 12.2. The molecule has 0 saturated heterocycles. The third kappa shape index (κ3) is 3.74. The van der Waals surface area contributed by atoms with Gasteiger partial charge in [0.1, 0.15) is 18.5 Å². The predicted molar refractivity (Wildman–Crippen MR) is 91.3 cm³/mol. The molecule has 1 aliphatic heterocycles. The first-order chi connectivity index (χ1) is 11.7. The molecule has 126 valence electrons. The van der Waals surface area contributed by atoms with Crippen LogP contribution in [0.1, 0.15) is 17.3 Å². The van der Waals surface area contributed by atoms with E-state index < -0.39 is 0 Å². The normalized spacial score (nSPS) is 15.7. The van der Waals surface area contributed by atoms with Gasteiger partial charge in [-0.25, -0.2) is 0 Å². The van der Waals surface area contributed by atoms with E-state index in [0.29, 0.717) is 41.8 Å². The number of nitrogens with one attached hydrogen (secondary N) is 1. The van der Waals surface area contributed by atoms with Crippen molar-refractivity contribution < 1.29 is 19.0 Å². The molecule has 0 unspecified atom stereocenters. The summed E-state index contributed by atoms with van der Waals surface area (Å²) >= 11 is 6.11. The average molecular weight is 348 g/mol. The molecule has 6 heteroatoms. The molecule has 0 bridgehead atoms. The van der Waals surface area contributed by atoms with Gasteiger partial charge in [0.15, 0.2) is 11.5 Å². The highest BCUT2D eigenvalue weighted by Gasteiger charge is 2.21. The lowest BCUT2D eigenvalue weighted by atomic mass is 10.2. The van der Waals surface area contributed by atoms with E-state index in [1.807, 2.05) is 31.2 Å². The van der Waals surface area contributed by atoms with E-state index in [0.717, 1.165) is 5.75 Å². The van der Waals surface area contributed by atoms with Crippen molar-refractivity contribution in [2.24, 2.45) is 0 Å². The van der Waals surface area contributed by atoms with Crippen molar-refractivity contribution in [3.63, 3.8) is 0 Å². The maximum Gasteiger partial charge on any atom is 0.251 e. The summed E-state index contributed by atoms with van der Waals surface area (Å²) < 4.78 is 16.8. The summed E-state index contributed by atoms with van der Waals surface area (Å²) in [5.74, 6) is 1.75. The highest BCUT2D eigenvalue weighted by atomic mass is 35.5. The number of carbonyl (C=O) groups is 1. The summed E-state index contributed by atoms with van der Waals surface area (Å²) in [7, 11) is 0. The number of hydrogen-bond donors (Lipinski definition) is 1. The molecular formula is C18H18ClNO4. The number of ether oxygens (including phenoxy) is 3. The summed E-state index contributed by atoms with van der Waals surface area (Å²) in [5, 5.41) is 3.25. The Hall–Kier alpha value is -2.40. The monoisotopic (exact) mass is 347 g/mol. The van der Waals surface area contributed by atoms with Crippen LogP contribution < -0.4 is 19.5 Å². The average Bonchev–Trinajstić information content (AvgIpc) is 2.61. The van der Waals surface area contributed by atoms with Crippen LogP contribution in [0.15, 0.2) is 42.5 Å². The molecule has 0 spiro atoms. The van der Waals surface area contributed by atoms with Gasteiger partial charge in [0, 0.05) is 5.56 Å². The standard InChI is InChI=1S/C18H18ClNO4/c1-2-22-15-8-7-12(9-14(15)19)18(21)20-10-13-11-23-16-5-3-4-6-17(16)24-13/h3-9,13H,2,10-11H2,1H3,(H,20,21)/t13-/m0/s1. The fraction of sp³-hybridized carbons (Fsp3) is 0.278. The first-order valence-electron chi connectivity index (χ1n) is 7.76. The van der Waals surface area contributed by atoms with E-state index in [-0.39, 0.29) is 12.0 Å². The third-order valence-corrected chi connectivity index (χ3v) is 3.85. The van der Waals surface area contributed by atoms with Crippen molar-refractivity contribution in [3.05, 3.63) is 53.1 Å². The number of para-hydroxylation sites is 2. The molecule has 3 rings (SSSR count). The molecule has 1 heterocycles. The number of halogens is 1. The quantitative estimate of drug-likeness (QED) is 0.901. The van der Waals surface area contributed by atoms with Gasteiger partial charge >= 0.3 is 0 Å². The van der Waals surface area contributed by atoms with Crippen LogP contribution in [0.25, 0.3) is 0 Å². The lowest BCUT2D eigenvalue weighted by Crippen LogP contribution is -2.40. The van der Waals surface area contributed by atoms with E-state index in [9.17, 15) is 4.79 Å². The Bertz CT molecular complexity index is 735. The second-order valence-electron chi connectivity index (χ2n) is 5.29. The third-order valence-electron chi connectivity index (χ3n) is 3.55. The summed E-state index contributed by atoms with van der Waals surface area (Å²) in [4.78, 5) is 12.2. The number of amides is 1. The fourth-order valence-corrected chi connectivity index (χ4v) is 2.62. The molecule has 0 radical (unpaired) electrons. The van der Waals surface area contributed by atoms with Crippen LogP contribution in [0.4, 0.5) is 0 Å². The van der Waals surface area contributed by atoms with Gasteiger partial charge in [-0.15, -0.1) is 0 Å². The molecule has 2 aromatic rings. The Labute approximate surface area is 145 Å². The van der Waals surface area contributed by atoms with Gasteiger partial charge in [-0.1, -0.05) is 23.7 Å². The molecule has 1 aliphatic rings. The first kappa shape index (κ1) is 16.5. The Balaban J connectivity index is 1.57. The molecule has 1 N–H and O–H groups in total. The Morgan fingerprint density at radius 2 is 2.08 bits per heavy atom. The molecular weight excluding hydrogens is 330 g/mol. The number of benzene rings is 2. The lowest BCUT2D eigenvalue weighted by molar-refractivity contribution is 0.0789. The van der Waals surface area contributed by atoms with Gasteiger partial charge in [-0.3, -0.25) is 4.79 Å². The minimum atomic E-state index is -0.234. The fourth-order valence-electron chi connectivity index (χ4n) is 2.39. The van der Waals surface area contributed by atoms with Gasteiger partial charge in [-0.05, 0) is 37.3 Å². The van der Waals surface area contributed by atoms with Crippen molar-refractivity contribution in [2.75, 3.05) is 19.8 Å². The zero-order valence-corrected chi connectivity index (χ0v) is 14.0. The van der Waals surface area contributed by atoms with E-state index in [4.69, 9.17) is 25.8 Å². The molecule has 0 saturated carbocycles. The Morgan fingerprint density at radius 1 is 1.29 bits per heavy atom. The number of carbonyl (C=O) groups excluding carboxylic acids is 1. The predicted octanol–water partition coefficient (Wildman–Crippen LogP) is 3.31. The Kier molecular flexibility index (Phi) is 5.11. The lowest BCUT2D eigenvalue weighted by Gasteiger charge is -2.26.